The molecule has 16 heavy (non-hydrogen) atoms. The molecule has 0 fully saturated rings. The molecule has 1 aromatic carbocycles. The summed E-state index contributed by atoms with van der Waals surface area (Å²) in [6.45, 7) is 6.13. The van der Waals surface area contributed by atoms with Crippen LogP contribution in [0.15, 0.2) is 34.7 Å². The van der Waals surface area contributed by atoms with Crippen LogP contribution in [-0.2, 0) is 9.84 Å². The van der Waals surface area contributed by atoms with E-state index in [0.717, 1.165) is 11.1 Å². The van der Waals surface area contributed by atoms with E-state index in [2.05, 4.69) is 0 Å². The number of rotatable bonds is 0. The summed E-state index contributed by atoms with van der Waals surface area (Å²) in [4.78, 5) is 0.461. The molecule has 2 nitrogen and oxygen atoms in total. The number of sulfone groups is 1. The van der Waals surface area contributed by atoms with Crippen LogP contribution in [0.2, 0.25) is 0 Å². The molecule has 0 atom stereocenters. The molecule has 0 aliphatic carbocycles. The molecule has 0 N–H and O–H groups in total. The highest BCUT2D eigenvalue weighted by Gasteiger charge is 2.29. The SMILES string of the molecule is CC(C)(C)C1=Cc2ccccc2S(=O)(=O)C1. The molecular weight excluding hydrogens is 220 g/mol. The van der Waals surface area contributed by atoms with Crippen molar-refractivity contribution in [1.29, 1.82) is 0 Å². The molecule has 0 spiro atoms. The van der Waals surface area contributed by atoms with Crippen molar-refractivity contribution in [3.8, 4) is 0 Å². The first-order valence-corrected chi connectivity index (χ1v) is 6.99. The van der Waals surface area contributed by atoms with Crippen LogP contribution >= 0.6 is 0 Å². The maximum absolute atomic E-state index is 12.1. The van der Waals surface area contributed by atoms with E-state index in [1.807, 2.05) is 39.0 Å². The van der Waals surface area contributed by atoms with Crippen LogP contribution < -0.4 is 0 Å². The van der Waals surface area contributed by atoms with Gasteiger partial charge in [0.15, 0.2) is 9.84 Å². The first-order valence-electron chi connectivity index (χ1n) is 5.33. The Morgan fingerprint density at radius 3 is 2.38 bits per heavy atom. The zero-order valence-corrected chi connectivity index (χ0v) is 10.6. The third kappa shape index (κ3) is 1.92. The van der Waals surface area contributed by atoms with Crippen molar-refractivity contribution in [1.82, 2.24) is 0 Å². The van der Waals surface area contributed by atoms with Crippen LogP contribution in [0, 0.1) is 5.41 Å². The van der Waals surface area contributed by atoms with Gasteiger partial charge in [0.1, 0.15) is 0 Å². The van der Waals surface area contributed by atoms with Gasteiger partial charge in [-0.05, 0) is 22.6 Å². The lowest BCUT2D eigenvalue weighted by Gasteiger charge is -2.27. The van der Waals surface area contributed by atoms with E-state index in [4.69, 9.17) is 0 Å². The number of hydrogen-bond donors (Lipinski definition) is 0. The summed E-state index contributed by atoms with van der Waals surface area (Å²) in [5.41, 5.74) is 1.70. The number of benzene rings is 1. The van der Waals surface area contributed by atoms with Crippen molar-refractivity contribution in [2.24, 2.45) is 5.41 Å². The molecule has 3 heteroatoms. The summed E-state index contributed by atoms with van der Waals surface area (Å²) >= 11 is 0. The molecule has 0 aromatic heterocycles. The van der Waals surface area contributed by atoms with Crippen molar-refractivity contribution < 1.29 is 8.42 Å². The maximum atomic E-state index is 12.1. The van der Waals surface area contributed by atoms with E-state index >= 15 is 0 Å². The highest BCUT2D eigenvalue weighted by Crippen LogP contribution is 2.35. The van der Waals surface area contributed by atoms with Gasteiger partial charge in [-0.25, -0.2) is 8.42 Å². The van der Waals surface area contributed by atoms with Gasteiger partial charge >= 0.3 is 0 Å². The quantitative estimate of drug-likeness (QED) is 0.694. The molecule has 0 radical (unpaired) electrons. The average Bonchev–Trinajstić information content (AvgIpc) is 2.15. The lowest BCUT2D eigenvalue weighted by molar-refractivity contribution is 0.503. The van der Waals surface area contributed by atoms with Crippen molar-refractivity contribution in [2.45, 2.75) is 25.7 Å². The lowest BCUT2D eigenvalue weighted by atomic mass is 9.86. The van der Waals surface area contributed by atoms with Crippen LogP contribution in [0.4, 0.5) is 0 Å². The lowest BCUT2D eigenvalue weighted by Crippen LogP contribution is -2.22. The maximum Gasteiger partial charge on any atom is 0.182 e. The zero-order chi connectivity index (χ0) is 12.0. The van der Waals surface area contributed by atoms with E-state index in [-0.39, 0.29) is 11.2 Å². The predicted molar refractivity (Wildman–Crippen MR) is 65.9 cm³/mol. The Labute approximate surface area is 96.9 Å². The van der Waals surface area contributed by atoms with Crippen molar-refractivity contribution in [2.75, 3.05) is 5.75 Å². The monoisotopic (exact) mass is 236 g/mol. The first-order chi connectivity index (χ1) is 7.31. The van der Waals surface area contributed by atoms with Gasteiger partial charge in [0.25, 0.3) is 0 Å². The molecule has 2 rings (SSSR count). The van der Waals surface area contributed by atoms with Crippen molar-refractivity contribution in [3.05, 3.63) is 35.4 Å². The molecule has 0 saturated heterocycles. The number of hydrogen-bond acceptors (Lipinski definition) is 2. The van der Waals surface area contributed by atoms with Gasteiger partial charge in [0.05, 0.1) is 10.6 Å². The Hall–Kier alpha value is -1.09. The smallest absolute Gasteiger partial charge is 0.182 e. The van der Waals surface area contributed by atoms with E-state index in [9.17, 15) is 8.42 Å². The Kier molecular flexibility index (Phi) is 2.46. The fourth-order valence-electron chi connectivity index (χ4n) is 1.83. The standard InChI is InChI=1S/C13H16O2S/c1-13(2,3)11-8-10-6-4-5-7-12(10)16(14,15)9-11/h4-8H,9H2,1-3H3. The molecule has 0 amide bonds. The van der Waals surface area contributed by atoms with Gasteiger partial charge in [-0.1, -0.05) is 45.0 Å². The summed E-state index contributed by atoms with van der Waals surface area (Å²) in [5.74, 6) is 0.146. The molecule has 0 saturated carbocycles. The minimum absolute atomic E-state index is 0.0966. The summed E-state index contributed by atoms with van der Waals surface area (Å²) in [5, 5.41) is 0. The molecule has 1 aromatic rings. The Balaban J connectivity index is 2.66. The Morgan fingerprint density at radius 2 is 1.75 bits per heavy atom. The van der Waals surface area contributed by atoms with Gasteiger partial charge in [-0.3, -0.25) is 0 Å². The van der Waals surface area contributed by atoms with Crippen LogP contribution in [0.25, 0.3) is 6.08 Å². The normalized spacial score (nSPS) is 18.8. The van der Waals surface area contributed by atoms with Crippen LogP contribution in [0.1, 0.15) is 26.3 Å². The van der Waals surface area contributed by atoms with Crippen molar-refractivity contribution in [3.63, 3.8) is 0 Å². The van der Waals surface area contributed by atoms with Gasteiger partial charge in [-0.2, -0.15) is 0 Å². The average molecular weight is 236 g/mol. The molecule has 1 aliphatic rings. The second-order valence-electron chi connectivity index (χ2n) is 5.22. The first kappa shape index (κ1) is 11.4. The van der Waals surface area contributed by atoms with Gasteiger partial charge < -0.3 is 0 Å². The highest BCUT2D eigenvalue weighted by molar-refractivity contribution is 7.91. The van der Waals surface area contributed by atoms with Crippen LogP contribution in [0.3, 0.4) is 0 Å². The molecular formula is C13H16O2S. The molecule has 1 heterocycles. The van der Waals surface area contributed by atoms with Crippen LogP contribution in [0.5, 0.6) is 0 Å². The second kappa shape index (κ2) is 3.45. The van der Waals surface area contributed by atoms with Crippen molar-refractivity contribution >= 4 is 15.9 Å². The topological polar surface area (TPSA) is 34.1 Å². The Morgan fingerprint density at radius 1 is 1.12 bits per heavy atom. The van der Waals surface area contributed by atoms with E-state index in [0.29, 0.717) is 4.90 Å². The Bertz CT molecular complexity index is 546. The predicted octanol–water partition coefficient (Wildman–Crippen LogP) is 2.90. The van der Waals surface area contributed by atoms with E-state index < -0.39 is 9.84 Å². The molecule has 86 valence electrons. The summed E-state index contributed by atoms with van der Waals surface area (Å²) < 4.78 is 24.2. The van der Waals surface area contributed by atoms with Gasteiger partial charge in [-0.15, -0.1) is 0 Å². The fraction of sp³-hybridized carbons (Fsp3) is 0.385. The zero-order valence-electron chi connectivity index (χ0n) is 9.82. The van der Waals surface area contributed by atoms with E-state index in [1.165, 1.54) is 0 Å². The van der Waals surface area contributed by atoms with E-state index in [1.54, 1.807) is 12.1 Å². The highest BCUT2D eigenvalue weighted by atomic mass is 32.2. The molecule has 0 bridgehead atoms. The number of fused-ring (bicyclic) bond motifs is 1. The third-order valence-corrected chi connectivity index (χ3v) is 4.63. The fourth-order valence-corrected chi connectivity index (χ4v) is 3.68. The van der Waals surface area contributed by atoms with Gasteiger partial charge in [0.2, 0.25) is 0 Å². The van der Waals surface area contributed by atoms with Gasteiger partial charge in [0, 0.05) is 0 Å². The minimum Gasteiger partial charge on any atom is -0.223 e. The molecule has 0 unspecified atom stereocenters. The summed E-state index contributed by atoms with van der Waals surface area (Å²) in [6, 6.07) is 7.18. The largest absolute Gasteiger partial charge is 0.223 e. The second-order valence-corrected chi connectivity index (χ2v) is 7.17. The summed E-state index contributed by atoms with van der Waals surface area (Å²) in [6.07, 6.45) is 2.01. The van der Waals surface area contributed by atoms with Crippen LogP contribution in [-0.4, -0.2) is 14.2 Å². The molecule has 1 aliphatic heterocycles. The summed E-state index contributed by atoms with van der Waals surface area (Å²) in [7, 11) is -3.14. The third-order valence-electron chi connectivity index (χ3n) is 2.89. The minimum atomic E-state index is -3.14.